The third-order valence-electron chi connectivity index (χ3n) is 5.81. The highest BCUT2D eigenvalue weighted by atomic mass is 19.1. The molecule has 3 nitrogen and oxygen atoms in total. The number of hydrogen-bond donors (Lipinski definition) is 0. The number of ether oxygens (including phenoxy) is 2. The van der Waals surface area contributed by atoms with Crippen molar-refractivity contribution in [2.24, 2.45) is 5.92 Å². The summed E-state index contributed by atoms with van der Waals surface area (Å²) < 4.78 is 25.2. The van der Waals surface area contributed by atoms with Gasteiger partial charge in [0.15, 0.2) is 11.6 Å². The standard InChI is InChI=1S/C29H33FO3/c1-4-6-7-8-22-9-11-23(12-10-22)24-13-15-25(16-14-24)29(31)33-26-17-18-28(27(30)19-26)32-20-21(3)5-2/h9-19,21H,4-8,20H2,1-3H3. The van der Waals surface area contributed by atoms with E-state index in [1.54, 1.807) is 18.2 Å². The zero-order valence-corrected chi connectivity index (χ0v) is 19.8. The van der Waals surface area contributed by atoms with E-state index in [-0.39, 0.29) is 11.5 Å². The van der Waals surface area contributed by atoms with Crippen LogP contribution >= 0.6 is 0 Å². The van der Waals surface area contributed by atoms with Crippen LogP contribution in [0.15, 0.2) is 66.7 Å². The van der Waals surface area contributed by atoms with E-state index < -0.39 is 11.8 Å². The van der Waals surface area contributed by atoms with E-state index in [9.17, 15) is 9.18 Å². The summed E-state index contributed by atoms with van der Waals surface area (Å²) in [6.07, 6.45) is 5.75. The molecule has 0 radical (unpaired) electrons. The molecule has 0 aliphatic carbocycles. The molecule has 3 aromatic carbocycles. The van der Waals surface area contributed by atoms with E-state index in [2.05, 4.69) is 38.1 Å². The zero-order chi connectivity index (χ0) is 23.6. The average molecular weight is 449 g/mol. The predicted molar refractivity (Wildman–Crippen MR) is 131 cm³/mol. The minimum absolute atomic E-state index is 0.149. The Bertz CT molecular complexity index is 1030. The topological polar surface area (TPSA) is 35.5 Å². The number of carbonyl (C=O) groups is 1. The first-order valence-corrected chi connectivity index (χ1v) is 11.8. The Morgan fingerprint density at radius 2 is 1.58 bits per heavy atom. The molecule has 0 fully saturated rings. The second-order valence-corrected chi connectivity index (χ2v) is 8.54. The summed E-state index contributed by atoms with van der Waals surface area (Å²) in [5, 5.41) is 0. The van der Waals surface area contributed by atoms with Crippen LogP contribution in [-0.2, 0) is 6.42 Å². The third-order valence-corrected chi connectivity index (χ3v) is 5.81. The summed E-state index contributed by atoms with van der Waals surface area (Å²) in [7, 11) is 0. The molecule has 0 aliphatic heterocycles. The fourth-order valence-corrected chi connectivity index (χ4v) is 3.42. The number of hydrogen-bond acceptors (Lipinski definition) is 3. The molecule has 0 amide bonds. The number of benzene rings is 3. The molecule has 0 spiro atoms. The quantitative estimate of drug-likeness (QED) is 0.170. The van der Waals surface area contributed by atoms with E-state index in [0.29, 0.717) is 18.1 Å². The lowest BCUT2D eigenvalue weighted by Crippen LogP contribution is -2.10. The van der Waals surface area contributed by atoms with Gasteiger partial charge < -0.3 is 9.47 Å². The van der Waals surface area contributed by atoms with E-state index in [1.807, 2.05) is 19.1 Å². The second-order valence-electron chi connectivity index (χ2n) is 8.54. The number of aryl methyl sites for hydroxylation is 1. The largest absolute Gasteiger partial charge is 0.490 e. The fourth-order valence-electron chi connectivity index (χ4n) is 3.42. The maximum Gasteiger partial charge on any atom is 0.343 e. The molecule has 0 heterocycles. The number of halogens is 1. The Morgan fingerprint density at radius 3 is 2.18 bits per heavy atom. The minimum atomic E-state index is -0.544. The lowest BCUT2D eigenvalue weighted by Gasteiger charge is -2.12. The molecule has 0 aliphatic rings. The van der Waals surface area contributed by atoms with Gasteiger partial charge in [-0.25, -0.2) is 9.18 Å². The molecule has 0 saturated carbocycles. The summed E-state index contributed by atoms with van der Waals surface area (Å²) in [4.78, 5) is 12.5. The van der Waals surface area contributed by atoms with Crippen molar-refractivity contribution in [3.05, 3.63) is 83.7 Å². The van der Waals surface area contributed by atoms with Gasteiger partial charge in [-0.1, -0.05) is 76.4 Å². The van der Waals surface area contributed by atoms with Crippen LogP contribution in [0, 0.1) is 11.7 Å². The lowest BCUT2D eigenvalue weighted by molar-refractivity contribution is 0.0734. The van der Waals surface area contributed by atoms with Gasteiger partial charge >= 0.3 is 5.97 Å². The first kappa shape index (κ1) is 24.5. The van der Waals surface area contributed by atoms with Crippen LogP contribution in [0.5, 0.6) is 11.5 Å². The highest BCUT2D eigenvalue weighted by Crippen LogP contribution is 2.25. The zero-order valence-electron chi connectivity index (χ0n) is 19.8. The Labute approximate surface area is 196 Å². The highest BCUT2D eigenvalue weighted by molar-refractivity contribution is 5.91. The van der Waals surface area contributed by atoms with Crippen LogP contribution in [0.4, 0.5) is 4.39 Å². The van der Waals surface area contributed by atoms with Crippen molar-refractivity contribution in [2.45, 2.75) is 52.9 Å². The van der Waals surface area contributed by atoms with Gasteiger partial charge in [-0.2, -0.15) is 0 Å². The van der Waals surface area contributed by atoms with E-state index in [0.717, 1.165) is 24.0 Å². The van der Waals surface area contributed by atoms with Crippen LogP contribution in [0.1, 0.15) is 62.4 Å². The fraction of sp³-hybridized carbons (Fsp3) is 0.345. The molecule has 4 heteroatoms. The van der Waals surface area contributed by atoms with Crippen molar-refractivity contribution in [3.63, 3.8) is 0 Å². The van der Waals surface area contributed by atoms with Crippen molar-refractivity contribution >= 4 is 5.97 Å². The van der Waals surface area contributed by atoms with E-state index in [4.69, 9.17) is 9.47 Å². The molecule has 3 aromatic rings. The number of esters is 1. The average Bonchev–Trinajstić information content (AvgIpc) is 2.84. The van der Waals surface area contributed by atoms with Crippen molar-refractivity contribution in [3.8, 4) is 22.6 Å². The molecule has 174 valence electrons. The molecule has 3 rings (SSSR count). The van der Waals surface area contributed by atoms with Crippen molar-refractivity contribution in [1.82, 2.24) is 0 Å². The molecule has 33 heavy (non-hydrogen) atoms. The molecule has 1 unspecified atom stereocenters. The molecule has 0 bridgehead atoms. The third kappa shape index (κ3) is 7.18. The first-order valence-electron chi connectivity index (χ1n) is 11.8. The van der Waals surface area contributed by atoms with Gasteiger partial charge in [0.2, 0.25) is 0 Å². The second kappa shape index (κ2) is 12.2. The predicted octanol–water partition coefficient (Wildman–Crippen LogP) is 7.87. The van der Waals surface area contributed by atoms with E-state index >= 15 is 0 Å². The summed E-state index contributed by atoms with van der Waals surface area (Å²) in [6.45, 7) is 6.76. The van der Waals surface area contributed by atoms with Crippen LogP contribution in [0.25, 0.3) is 11.1 Å². The molecule has 1 atom stereocenters. The maximum atomic E-state index is 14.3. The number of rotatable bonds is 11. The molecular weight excluding hydrogens is 415 g/mol. The molecule has 0 saturated heterocycles. The summed E-state index contributed by atoms with van der Waals surface area (Å²) in [5.41, 5.74) is 3.88. The van der Waals surface area contributed by atoms with E-state index in [1.165, 1.54) is 37.0 Å². The van der Waals surface area contributed by atoms with Crippen LogP contribution < -0.4 is 9.47 Å². The van der Waals surface area contributed by atoms with Crippen molar-refractivity contribution < 1.29 is 18.7 Å². The van der Waals surface area contributed by atoms with Gasteiger partial charge in [-0.15, -0.1) is 0 Å². The van der Waals surface area contributed by atoms with Crippen LogP contribution in [0.3, 0.4) is 0 Å². The van der Waals surface area contributed by atoms with Crippen molar-refractivity contribution in [2.75, 3.05) is 6.61 Å². The Balaban J connectivity index is 1.59. The minimum Gasteiger partial charge on any atom is -0.490 e. The molecule has 0 N–H and O–H groups in total. The van der Waals surface area contributed by atoms with Gasteiger partial charge in [0.25, 0.3) is 0 Å². The van der Waals surface area contributed by atoms with Crippen LogP contribution in [0.2, 0.25) is 0 Å². The Hall–Kier alpha value is -3.14. The SMILES string of the molecule is CCCCCc1ccc(-c2ccc(C(=O)Oc3ccc(OCC(C)CC)c(F)c3)cc2)cc1. The monoisotopic (exact) mass is 448 g/mol. The van der Waals surface area contributed by atoms with Gasteiger partial charge in [0.1, 0.15) is 5.75 Å². The van der Waals surface area contributed by atoms with Gasteiger partial charge in [0, 0.05) is 6.07 Å². The van der Waals surface area contributed by atoms with Crippen molar-refractivity contribution in [1.29, 1.82) is 0 Å². The Morgan fingerprint density at radius 1 is 0.909 bits per heavy atom. The van der Waals surface area contributed by atoms with Gasteiger partial charge in [-0.05, 0) is 59.7 Å². The summed E-state index contributed by atoms with van der Waals surface area (Å²) in [6, 6.07) is 20.0. The number of carbonyl (C=O) groups excluding carboxylic acids is 1. The summed E-state index contributed by atoms with van der Waals surface area (Å²) in [5.74, 6) is -0.418. The summed E-state index contributed by atoms with van der Waals surface area (Å²) >= 11 is 0. The Kier molecular flexibility index (Phi) is 9.05. The smallest absolute Gasteiger partial charge is 0.343 e. The number of unbranched alkanes of at least 4 members (excludes halogenated alkanes) is 2. The van der Waals surface area contributed by atoms with Gasteiger partial charge in [0.05, 0.1) is 12.2 Å². The molecular formula is C29H33FO3. The maximum absolute atomic E-state index is 14.3. The lowest BCUT2D eigenvalue weighted by atomic mass is 10.0. The van der Waals surface area contributed by atoms with Gasteiger partial charge in [-0.3, -0.25) is 0 Å². The molecule has 0 aromatic heterocycles. The van der Waals surface area contributed by atoms with Crippen LogP contribution in [-0.4, -0.2) is 12.6 Å². The highest BCUT2D eigenvalue weighted by Gasteiger charge is 2.12. The normalized spacial score (nSPS) is 11.8. The first-order chi connectivity index (χ1) is 16.0.